The molecule has 1 aromatic carbocycles. The fourth-order valence-electron chi connectivity index (χ4n) is 3.57. The summed E-state index contributed by atoms with van der Waals surface area (Å²) in [6, 6.07) is 13.3. The predicted octanol–water partition coefficient (Wildman–Crippen LogP) is 4.42. The first-order valence-corrected chi connectivity index (χ1v) is 9.56. The molecule has 2 aromatic heterocycles. The lowest BCUT2D eigenvalue weighted by Crippen LogP contribution is -2.34. The second-order valence-corrected chi connectivity index (χ2v) is 6.90. The molecule has 0 aliphatic heterocycles. The van der Waals surface area contributed by atoms with Gasteiger partial charge in [0.05, 0.1) is 17.9 Å². The second-order valence-electron chi connectivity index (χ2n) is 6.90. The van der Waals surface area contributed by atoms with Crippen LogP contribution in [0, 0.1) is 5.41 Å². The summed E-state index contributed by atoms with van der Waals surface area (Å²) in [7, 11) is 0. The minimum absolute atomic E-state index is 0.00483. The molecule has 146 valence electrons. The van der Waals surface area contributed by atoms with Crippen molar-refractivity contribution in [2.45, 2.75) is 25.3 Å². The van der Waals surface area contributed by atoms with Gasteiger partial charge in [0, 0.05) is 29.9 Å². The quantitative estimate of drug-likeness (QED) is 0.488. The zero-order valence-electron chi connectivity index (χ0n) is 15.9. The van der Waals surface area contributed by atoms with Gasteiger partial charge in [-0.05, 0) is 48.6 Å². The van der Waals surface area contributed by atoms with Crippen LogP contribution in [-0.4, -0.2) is 22.2 Å². The minimum Gasteiger partial charge on any atom is -0.354 e. The summed E-state index contributed by atoms with van der Waals surface area (Å²) in [6.07, 6.45) is 9.21. The number of pyridine rings is 2. The highest BCUT2D eigenvalue weighted by atomic mass is 16.2. The van der Waals surface area contributed by atoms with Crippen molar-refractivity contribution in [3.8, 4) is 0 Å². The van der Waals surface area contributed by atoms with Crippen molar-refractivity contribution in [1.29, 1.82) is 5.41 Å². The number of rotatable bonds is 5. The van der Waals surface area contributed by atoms with Crippen molar-refractivity contribution >= 4 is 29.4 Å². The molecule has 1 atom stereocenters. The maximum Gasteiger partial charge on any atom is 0.320 e. The lowest BCUT2D eigenvalue weighted by atomic mass is 9.88. The summed E-state index contributed by atoms with van der Waals surface area (Å²) in [4.78, 5) is 20.8. The predicted molar refractivity (Wildman–Crippen MR) is 114 cm³/mol. The van der Waals surface area contributed by atoms with Crippen LogP contribution < -0.4 is 16.0 Å². The van der Waals surface area contributed by atoms with Crippen LogP contribution in [0.15, 0.2) is 61.1 Å². The van der Waals surface area contributed by atoms with Gasteiger partial charge in [0.15, 0.2) is 0 Å². The number of carbonyl (C=O) groups excluding carboxylic acids is 1. The molecule has 0 saturated heterocycles. The van der Waals surface area contributed by atoms with Crippen LogP contribution >= 0.6 is 0 Å². The van der Waals surface area contributed by atoms with Crippen molar-refractivity contribution in [1.82, 2.24) is 15.3 Å². The molecule has 7 heteroatoms. The second kappa shape index (κ2) is 8.52. The summed E-state index contributed by atoms with van der Waals surface area (Å²) in [5.74, 6) is 0.394. The number of hydrogen-bond acceptors (Lipinski definition) is 5. The molecular formula is C22H22N6O. The third-order valence-electron chi connectivity index (χ3n) is 4.97. The lowest BCUT2D eigenvalue weighted by molar-refractivity contribution is 0.247. The Hall–Kier alpha value is -3.74. The molecule has 1 aliphatic rings. The van der Waals surface area contributed by atoms with E-state index in [1.54, 1.807) is 24.7 Å². The Labute approximate surface area is 169 Å². The molecule has 0 saturated carbocycles. The molecule has 1 unspecified atom stereocenters. The number of fused-ring (bicyclic) bond motifs is 1. The first kappa shape index (κ1) is 18.6. The number of anilines is 3. The van der Waals surface area contributed by atoms with Gasteiger partial charge < -0.3 is 16.0 Å². The molecule has 2 amide bonds. The van der Waals surface area contributed by atoms with Crippen molar-refractivity contribution in [2.75, 3.05) is 10.6 Å². The molecule has 29 heavy (non-hydrogen) atoms. The Morgan fingerprint density at radius 1 is 1.17 bits per heavy atom. The van der Waals surface area contributed by atoms with Crippen LogP contribution in [0.3, 0.4) is 0 Å². The third-order valence-corrected chi connectivity index (χ3v) is 4.97. The Kier molecular flexibility index (Phi) is 5.47. The standard InChI is InChI=1S/C22H22N6O/c23-13-16-12-21(25-14-20(16)26-17-8-10-24-11-9-17)28-22(29)27-19-7-3-5-15-4-1-2-6-18(15)19/h1-2,4,6,8-14,19,23H,3,5,7H2,(H,24,26)(H2,25,27,28,29). The van der Waals surface area contributed by atoms with Crippen LogP contribution in [0.1, 0.15) is 35.6 Å². The number of nitrogens with one attached hydrogen (secondary N) is 4. The van der Waals surface area contributed by atoms with E-state index in [0.29, 0.717) is 17.1 Å². The van der Waals surface area contributed by atoms with E-state index in [4.69, 9.17) is 5.41 Å². The Bertz CT molecular complexity index is 1020. The molecule has 1 aliphatic carbocycles. The normalized spacial score (nSPS) is 15.1. The van der Waals surface area contributed by atoms with Crippen molar-refractivity contribution < 1.29 is 4.79 Å². The summed E-state index contributed by atoms with van der Waals surface area (Å²) >= 11 is 0. The summed E-state index contributed by atoms with van der Waals surface area (Å²) in [5.41, 5.74) is 4.62. The van der Waals surface area contributed by atoms with Crippen molar-refractivity contribution in [3.63, 3.8) is 0 Å². The summed E-state index contributed by atoms with van der Waals surface area (Å²) in [6.45, 7) is 0. The fourth-order valence-corrected chi connectivity index (χ4v) is 3.57. The van der Waals surface area contributed by atoms with Crippen LogP contribution in [0.2, 0.25) is 0 Å². The number of urea groups is 1. The van der Waals surface area contributed by atoms with Crippen LogP contribution in [0.5, 0.6) is 0 Å². The Morgan fingerprint density at radius 2 is 2.00 bits per heavy atom. The smallest absolute Gasteiger partial charge is 0.320 e. The van der Waals surface area contributed by atoms with Crippen molar-refractivity contribution in [3.05, 3.63) is 77.7 Å². The van der Waals surface area contributed by atoms with Crippen LogP contribution in [0.25, 0.3) is 0 Å². The van der Waals surface area contributed by atoms with E-state index in [1.165, 1.54) is 17.3 Å². The van der Waals surface area contributed by atoms with E-state index < -0.39 is 0 Å². The Balaban J connectivity index is 1.44. The Morgan fingerprint density at radius 3 is 2.83 bits per heavy atom. The lowest BCUT2D eigenvalue weighted by Gasteiger charge is -2.26. The first-order valence-electron chi connectivity index (χ1n) is 9.56. The molecule has 4 N–H and O–H groups in total. The molecule has 0 fully saturated rings. The van der Waals surface area contributed by atoms with Crippen molar-refractivity contribution in [2.24, 2.45) is 0 Å². The number of nitrogens with zero attached hydrogens (tertiary/aromatic N) is 2. The molecule has 0 spiro atoms. The zero-order chi connectivity index (χ0) is 20.1. The number of aromatic nitrogens is 2. The molecule has 4 rings (SSSR count). The molecule has 7 nitrogen and oxygen atoms in total. The third kappa shape index (κ3) is 4.40. The van der Waals surface area contributed by atoms with Gasteiger partial charge >= 0.3 is 6.03 Å². The van der Waals surface area contributed by atoms with Gasteiger partial charge in [0.25, 0.3) is 0 Å². The average molecular weight is 386 g/mol. The van der Waals surface area contributed by atoms with Gasteiger partial charge in [-0.2, -0.15) is 0 Å². The van der Waals surface area contributed by atoms with E-state index in [9.17, 15) is 4.79 Å². The molecule has 0 radical (unpaired) electrons. The van der Waals surface area contributed by atoms with Crippen LogP contribution in [0.4, 0.5) is 22.0 Å². The fraction of sp³-hybridized carbons (Fsp3) is 0.182. The maximum absolute atomic E-state index is 12.5. The minimum atomic E-state index is -0.301. The van der Waals surface area contributed by atoms with Gasteiger partial charge in [-0.3, -0.25) is 10.3 Å². The van der Waals surface area contributed by atoms with Crippen LogP contribution in [-0.2, 0) is 6.42 Å². The van der Waals surface area contributed by atoms with Gasteiger partial charge in [-0.15, -0.1) is 0 Å². The highest BCUT2D eigenvalue weighted by Gasteiger charge is 2.21. The summed E-state index contributed by atoms with van der Waals surface area (Å²) < 4.78 is 0. The van der Waals surface area contributed by atoms with E-state index in [0.717, 1.165) is 24.9 Å². The largest absolute Gasteiger partial charge is 0.354 e. The van der Waals surface area contributed by atoms with Gasteiger partial charge in [-0.1, -0.05) is 24.3 Å². The number of benzene rings is 1. The topological polar surface area (TPSA) is 103 Å². The summed E-state index contributed by atoms with van der Waals surface area (Å²) in [5, 5.41) is 16.7. The SMILES string of the molecule is N=Cc1cc(NC(=O)NC2CCCc3ccccc32)ncc1Nc1ccncc1. The maximum atomic E-state index is 12.5. The van der Waals surface area contributed by atoms with E-state index in [2.05, 4.69) is 38.1 Å². The number of hydrogen-bond donors (Lipinski definition) is 4. The van der Waals surface area contributed by atoms with Gasteiger partial charge in [0.1, 0.15) is 5.82 Å². The molecular weight excluding hydrogens is 364 g/mol. The zero-order valence-corrected chi connectivity index (χ0v) is 15.9. The van der Waals surface area contributed by atoms with Gasteiger partial charge in [0.2, 0.25) is 0 Å². The first-order chi connectivity index (χ1) is 14.2. The highest BCUT2D eigenvalue weighted by molar-refractivity contribution is 5.92. The molecule has 0 bridgehead atoms. The highest BCUT2D eigenvalue weighted by Crippen LogP contribution is 2.29. The molecule has 2 heterocycles. The van der Waals surface area contributed by atoms with E-state index in [1.807, 2.05) is 24.3 Å². The number of aryl methyl sites for hydroxylation is 1. The van der Waals surface area contributed by atoms with E-state index in [-0.39, 0.29) is 12.1 Å². The van der Waals surface area contributed by atoms with E-state index >= 15 is 0 Å². The molecule has 3 aromatic rings. The number of carbonyl (C=O) groups is 1. The number of amides is 2. The monoisotopic (exact) mass is 386 g/mol. The van der Waals surface area contributed by atoms with Gasteiger partial charge in [-0.25, -0.2) is 9.78 Å². The average Bonchev–Trinajstić information content (AvgIpc) is 2.76.